The summed E-state index contributed by atoms with van der Waals surface area (Å²) in [5, 5.41) is 9.57. The molecule has 1 saturated heterocycles. The maximum atomic E-state index is 12.5. The number of nitrogens with zero attached hydrogens (tertiary/aromatic N) is 1. The number of benzene rings is 2. The fourth-order valence-electron chi connectivity index (χ4n) is 2.15. The van der Waals surface area contributed by atoms with Crippen molar-refractivity contribution in [3.63, 3.8) is 0 Å². The van der Waals surface area contributed by atoms with Crippen molar-refractivity contribution in [2.75, 3.05) is 4.90 Å². The number of phenols is 1. The maximum absolute atomic E-state index is 12.5. The lowest BCUT2D eigenvalue weighted by atomic mass is 10.2. The molecule has 1 heterocycles. The monoisotopic (exact) mass is 339 g/mol. The molecule has 5 heteroatoms. The lowest BCUT2D eigenvalue weighted by molar-refractivity contribution is -0.113. The van der Waals surface area contributed by atoms with Crippen LogP contribution in [0.5, 0.6) is 5.75 Å². The number of carbonyl (C=O) groups excluding carboxylic acids is 1. The predicted molar refractivity (Wildman–Crippen MR) is 99.3 cm³/mol. The van der Waals surface area contributed by atoms with Gasteiger partial charge in [0.25, 0.3) is 5.91 Å². The highest BCUT2D eigenvalue weighted by atomic mass is 32.2. The highest BCUT2D eigenvalue weighted by molar-refractivity contribution is 8.27. The van der Waals surface area contributed by atoms with Crippen molar-refractivity contribution in [2.24, 2.45) is 0 Å². The van der Waals surface area contributed by atoms with Crippen LogP contribution in [0, 0.1) is 0 Å². The summed E-state index contributed by atoms with van der Waals surface area (Å²) in [7, 11) is 0. The van der Waals surface area contributed by atoms with Gasteiger partial charge in [-0.2, -0.15) is 0 Å². The van der Waals surface area contributed by atoms with Gasteiger partial charge in [-0.05, 0) is 23.8 Å². The van der Waals surface area contributed by atoms with Crippen LogP contribution in [-0.2, 0) is 4.79 Å². The quantitative estimate of drug-likeness (QED) is 0.666. The van der Waals surface area contributed by atoms with Gasteiger partial charge < -0.3 is 5.11 Å². The number of aromatic hydroxyl groups is 1. The molecule has 0 atom stereocenters. The first-order valence-electron chi connectivity index (χ1n) is 6.94. The van der Waals surface area contributed by atoms with Crippen molar-refractivity contribution in [1.82, 2.24) is 0 Å². The molecule has 1 aliphatic heterocycles. The van der Waals surface area contributed by atoms with Crippen LogP contribution in [0.25, 0.3) is 6.08 Å². The normalized spacial score (nSPS) is 16.7. The summed E-state index contributed by atoms with van der Waals surface area (Å²) < 4.78 is 0.458. The minimum absolute atomic E-state index is 0.101. The molecular formula is C18H13NO2S2. The zero-order valence-corrected chi connectivity index (χ0v) is 13.7. The Kier molecular flexibility index (Phi) is 4.60. The van der Waals surface area contributed by atoms with Gasteiger partial charge in [-0.25, -0.2) is 0 Å². The minimum atomic E-state index is -0.177. The van der Waals surface area contributed by atoms with Gasteiger partial charge in [0.05, 0.1) is 10.6 Å². The van der Waals surface area contributed by atoms with Crippen molar-refractivity contribution >= 4 is 46.0 Å². The Bertz CT molecular complexity index is 813. The second-order valence-electron chi connectivity index (χ2n) is 4.83. The third-order valence-corrected chi connectivity index (χ3v) is 4.54. The number of hydrogen-bond donors (Lipinski definition) is 1. The Balaban J connectivity index is 1.81. The average molecular weight is 339 g/mol. The van der Waals surface area contributed by atoms with Crippen molar-refractivity contribution in [2.45, 2.75) is 0 Å². The van der Waals surface area contributed by atoms with Gasteiger partial charge in [-0.3, -0.25) is 9.69 Å². The maximum Gasteiger partial charge on any atom is 0.270 e. The van der Waals surface area contributed by atoms with Crippen LogP contribution in [0.2, 0.25) is 0 Å². The summed E-state index contributed by atoms with van der Waals surface area (Å²) in [6, 6.07) is 16.4. The number of thioether (sulfide) groups is 1. The molecule has 1 aliphatic rings. The molecule has 114 valence electrons. The predicted octanol–water partition coefficient (Wildman–Crippen LogP) is 4.35. The topological polar surface area (TPSA) is 40.5 Å². The van der Waals surface area contributed by atoms with Gasteiger partial charge in [0, 0.05) is 6.07 Å². The molecule has 3 rings (SSSR count). The van der Waals surface area contributed by atoms with Gasteiger partial charge in [-0.1, -0.05) is 72.5 Å². The third kappa shape index (κ3) is 3.52. The van der Waals surface area contributed by atoms with Crippen LogP contribution in [0.3, 0.4) is 0 Å². The molecule has 0 saturated carbocycles. The fraction of sp³-hybridized carbons (Fsp3) is 0. The zero-order valence-electron chi connectivity index (χ0n) is 12.0. The summed E-state index contributed by atoms with van der Waals surface area (Å²) in [6.07, 6.45) is 5.53. The van der Waals surface area contributed by atoms with E-state index in [-0.39, 0.29) is 11.7 Å². The average Bonchev–Trinajstić information content (AvgIpc) is 2.82. The molecule has 0 unspecified atom stereocenters. The van der Waals surface area contributed by atoms with Crippen LogP contribution >= 0.6 is 24.0 Å². The Morgan fingerprint density at radius 3 is 2.61 bits per heavy atom. The highest BCUT2D eigenvalue weighted by Gasteiger charge is 2.32. The van der Waals surface area contributed by atoms with Crippen LogP contribution in [0.1, 0.15) is 5.56 Å². The molecule has 0 aliphatic carbocycles. The van der Waals surface area contributed by atoms with E-state index in [2.05, 4.69) is 0 Å². The number of carbonyl (C=O) groups is 1. The molecule has 1 fully saturated rings. The number of rotatable bonds is 3. The van der Waals surface area contributed by atoms with Crippen LogP contribution in [0.15, 0.2) is 71.7 Å². The SMILES string of the molecule is O=C1/C(=C/C=C\c2ccccc2)SC(=S)N1c1cccc(O)c1. The van der Waals surface area contributed by atoms with Crippen LogP contribution in [-0.4, -0.2) is 15.3 Å². The number of thiocarbonyl (C=S) groups is 1. The van der Waals surface area contributed by atoms with E-state index in [0.29, 0.717) is 14.9 Å². The number of phenolic OH excluding ortho intramolecular Hbond substituents is 1. The first-order chi connectivity index (χ1) is 11.1. The molecular weight excluding hydrogens is 326 g/mol. The van der Waals surface area contributed by atoms with Crippen molar-refractivity contribution in [3.8, 4) is 5.75 Å². The van der Waals surface area contributed by atoms with E-state index >= 15 is 0 Å². The summed E-state index contributed by atoms with van der Waals surface area (Å²) >= 11 is 6.54. The molecule has 0 spiro atoms. The van der Waals surface area contributed by atoms with Gasteiger partial charge in [0.2, 0.25) is 0 Å². The van der Waals surface area contributed by atoms with Gasteiger partial charge >= 0.3 is 0 Å². The summed E-state index contributed by atoms with van der Waals surface area (Å²) in [5.41, 5.74) is 1.63. The second-order valence-corrected chi connectivity index (χ2v) is 6.50. The molecule has 0 bridgehead atoms. The number of anilines is 1. The molecule has 0 aromatic heterocycles. The summed E-state index contributed by atoms with van der Waals surface area (Å²) in [5.74, 6) is -0.0761. The highest BCUT2D eigenvalue weighted by Crippen LogP contribution is 2.35. The molecule has 0 radical (unpaired) electrons. The lowest BCUT2D eigenvalue weighted by Gasteiger charge is -2.14. The summed E-state index contributed by atoms with van der Waals surface area (Å²) in [6.45, 7) is 0. The molecule has 2 aromatic rings. The van der Waals surface area contributed by atoms with E-state index in [1.807, 2.05) is 42.5 Å². The van der Waals surface area contributed by atoms with E-state index in [1.54, 1.807) is 24.3 Å². The van der Waals surface area contributed by atoms with Crippen molar-refractivity contribution < 1.29 is 9.90 Å². The molecule has 2 aromatic carbocycles. The Morgan fingerprint density at radius 2 is 1.87 bits per heavy atom. The zero-order chi connectivity index (χ0) is 16.2. The Morgan fingerprint density at radius 1 is 1.09 bits per heavy atom. The fourth-order valence-corrected chi connectivity index (χ4v) is 3.40. The van der Waals surface area contributed by atoms with Gasteiger partial charge in [-0.15, -0.1) is 0 Å². The third-order valence-electron chi connectivity index (χ3n) is 3.22. The molecule has 3 nitrogen and oxygen atoms in total. The first-order valence-corrected chi connectivity index (χ1v) is 8.16. The number of amides is 1. The van der Waals surface area contributed by atoms with Gasteiger partial charge in [0.1, 0.15) is 5.75 Å². The lowest BCUT2D eigenvalue weighted by Crippen LogP contribution is -2.27. The van der Waals surface area contributed by atoms with Crippen molar-refractivity contribution in [1.29, 1.82) is 0 Å². The molecule has 23 heavy (non-hydrogen) atoms. The molecule has 1 N–H and O–H groups in total. The smallest absolute Gasteiger partial charge is 0.270 e. The largest absolute Gasteiger partial charge is 0.508 e. The van der Waals surface area contributed by atoms with E-state index in [4.69, 9.17) is 12.2 Å². The summed E-state index contributed by atoms with van der Waals surface area (Å²) in [4.78, 5) is 14.5. The second kappa shape index (κ2) is 6.81. The van der Waals surface area contributed by atoms with Gasteiger partial charge in [0.15, 0.2) is 4.32 Å². The minimum Gasteiger partial charge on any atom is -0.508 e. The Labute approximate surface area is 143 Å². The van der Waals surface area contributed by atoms with Crippen molar-refractivity contribution in [3.05, 3.63) is 77.2 Å². The van der Waals surface area contributed by atoms with Crippen LogP contribution in [0.4, 0.5) is 5.69 Å². The number of hydrogen-bond acceptors (Lipinski definition) is 4. The van der Waals surface area contributed by atoms with E-state index in [9.17, 15) is 9.90 Å². The van der Waals surface area contributed by atoms with Crippen LogP contribution < -0.4 is 4.90 Å². The van der Waals surface area contributed by atoms with E-state index in [0.717, 1.165) is 5.56 Å². The number of allylic oxidation sites excluding steroid dienone is 2. The van der Waals surface area contributed by atoms with E-state index < -0.39 is 0 Å². The standard InChI is InChI=1S/C18H13NO2S2/c20-15-10-5-9-14(12-15)19-17(21)16(23-18(19)22)11-4-8-13-6-2-1-3-7-13/h1-12,20H/b8-4-,16-11-. The first kappa shape index (κ1) is 15.5. The molecule has 1 amide bonds. The van der Waals surface area contributed by atoms with E-state index in [1.165, 1.54) is 22.7 Å². The Hall–Kier alpha value is -2.37.